The van der Waals surface area contributed by atoms with Gasteiger partial charge in [-0.1, -0.05) is 12.1 Å². The van der Waals surface area contributed by atoms with E-state index in [-0.39, 0.29) is 11.3 Å². The number of carbonyl (C=O) groups is 2. The van der Waals surface area contributed by atoms with Gasteiger partial charge in [0.25, 0.3) is 0 Å². The lowest BCUT2D eigenvalue weighted by Crippen LogP contribution is -2.05. The number of aliphatic carboxylic acids is 1. The van der Waals surface area contributed by atoms with Gasteiger partial charge in [-0.15, -0.1) is 11.3 Å². The van der Waals surface area contributed by atoms with E-state index < -0.39 is 11.9 Å². The van der Waals surface area contributed by atoms with Crippen molar-refractivity contribution in [3.63, 3.8) is 0 Å². The third-order valence-corrected chi connectivity index (χ3v) is 3.88. The molecule has 0 radical (unpaired) electrons. The number of esters is 1. The molecule has 1 heterocycles. The quantitative estimate of drug-likeness (QED) is 0.489. The number of carboxylic acid groups (broad SMARTS) is 1. The molecule has 0 saturated carbocycles. The highest BCUT2D eigenvalue weighted by molar-refractivity contribution is 7.10. The van der Waals surface area contributed by atoms with E-state index in [2.05, 4.69) is 0 Å². The zero-order chi connectivity index (χ0) is 17.5. The van der Waals surface area contributed by atoms with Crippen LogP contribution in [0.5, 0.6) is 11.5 Å². The molecule has 0 spiro atoms. The van der Waals surface area contributed by atoms with E-state index in [9.17, 15) is 9.59 Å². The molecule has 0 amide bonds. The standard InChI is InChI=1S/C18H16O5S/c1-12(18(20)21)10-13-5-7-15(16(11-13)22-2)23-17(19)8-6-14-4-3-9-24-14/h3-11H,1-2H3,(H,20,21)/b8-6+,12-10+. The van der Waals surface area contributed by atoms with Crippen molar-refractivity contribution in [2.75, 3.05) is 7.11 Å². The maximum atomic E-state index is 11.9. The Labute approximate surface area is 143 Å². The Bertz CT molecular complexity index is 788. The Hall–Kier alpha value is -2.86. The van der Waals surface area contributed by atoms with Gasteiger partial charge >= 0.3 is 11.9 Å². The lowest BCUT2D eigenvalue weighted by Gasteiger charge is -2.09. The molecule has 124 valence electrons. The van der Waals surface area contributed by atoms with Crippen LogP contribution in [0.25, 0.3) is 12.2 Å². The molecule has 0 bridgehead atoms. The van der Waals surface area contributed by atoms with Gasteiger partial charge in [-0.2, -0.15) is 0 Å². The average molecular weight is 344 g/mol. The fourth-order valence-electron chi connectivity index (χ4n) is 1.85. The molecule has 6 heteroatoms. The summed E-state index contributed by atoms with van der Waals surface area (Å²) in [5, 5.41) is 10.8. The van der Waals surface area contributed by atoms with Crippen LogP contribution in [0.15, 0.2) is 47.4 Å². The van der Waals surface area contributed by atoms with E-state index in [1.54, 1.807) is 24.3 Å². The molecule has 0 saturated heterocycles. The molecule has 0 atom stereocenters. The van der Waals surface area contributed by atoms with Gasteiger partial charge in [0.2, 0.25) is 0 Å². The summed E-state index contributed by atoms with van der Waals surface area (Å²) in [5.41, 5.74) is 0.835. The highest BCUT2D eigenvalue weighted by Gasteiger charge is 2.09. The summed E-state index contributed by atoms with van der Waals surface area (Å²) in [6.07, 6.45) is 4.52. The summed E-state index contributed by atoms with van der Waals surface area (Å²) in [5.74, 6) is -0.904. The van der Waals surface area contributed by atoms with E-state index in [1.807, 2.05) is 17.5 Å². The molecular formula is C18H16O5S. The van der Waals surface area contributed by atoms with Crippen LogP contribution in [0.2, 0.25) is 0 Å². The molecule has 0 unspecified atom stereocenters. The number of carbonyl (C=O) groups excluding carboxylic acids is 1. The lowest BCUT2D eigenvalue weighted by molar-refractivity contribution is -0.132. The Morgan fingerprint density at radius 3 is 2.62 bits per heavy atom. The molecule has 1 aromatic heterocycles. The minimum atomic E-state index is -0.997. The predicted molar refractivity (Wildman–Crippen MR) is 93.3 cm³/mol. The van der Waals surface area contributed by atoms with Gasteiger partial charge in [0.1, 0.15) is 0 Å². The first-order chi connectivity index (χ1) is 11.5. The molecule has 1 N–H and O–H groups in total. The van der Waals surface area contributed by atoms with Crippen molar-refractivity contribution >= 4 is 35.4 Å². The second-order valence-corrected chi connectivity index (χ2v) is 5.79. The number of rotatable bonds is 6. The zero-order valence-electron chi connectivity index (χ0n) is 13.2. The summed E-state index contributed by atoms with van der Waals surface area (Å²) >= 11 is 1.52. The van der Waals surface area contributed by atoms with Crippen molar-refractivity contribution in [2.24, 2.45) is 0 Å². The van der Waals surface area contributed by atoms with Crippen molar-refractivity contribution in [3.8, 4) is 11.5 Å². The summed E-state index contributed by atoms with van der Waals surface area (Å²) in [6, 6.07) is 8.61. The monoisotopic (exact) mass is 344 g/mol. The van der Waals surface area contributed by atoms with Gasteiger partial charge in [0, 0.05) is 16.5 Å². The summed E-state index contributed by atoms with van der Waals surface area (Å²) in [7, 11) is 1.45. The van der Waals surface area contributed by atoms with Gasteiger partial charge in [-0.3, -0.25) is 0 Å². The molecule has 2 rings (SSSR count). The smallest absolute Gasteiger partial charge is 0.336 e. The number of ether oxygens (including phenoxy) is 2. The summed E-state index contributed by atoms with van der Waals surface area (Å²) in [4.78, 5) is 23.7. The number of thiophene rings is 1. The van der Waals surface area contributed by atoms with E-state index in [1.165, 1.54) is 37.5 Å². The molecule has 0 aliphatic rings. The maximum absolute atomic E-state index is 11.9. The molecule has 0 aliphatic carbocycles. The van der Waals surface area contributed by atoms with Gasteiger partial charge in [0.15, 0.2) is 11.5 Å². The number of hydrogen-bond donors (Lipinski definition) is 1. The third-order valence-electron chi connectivity index (χ3n) is 3.05. The first-order valence-electron chi connectivity index (χ1n) is 7.02. The highest BCUT2D eigenvalue weighted by Crippen LogP contribution is 2.29. The molecular weight excluding hydrogens is 328 g/mol. The van der Waals surface area contributed by atoms with Crippen molar-refractivity contribution in [1.82, 2.24) is 0 Å². The SMILES string of the molecule is COc1cc(/C=C(\C)C(=O)O)ccc1OC(=O)/C=C/c1cccs1. The normalized spacial score (nSPS) is 11.5. The molecule has 0 aliphatic heterocycles. The van der Waals surface area contributed by atoms with Crippen molar-refractivity contribution in [1.29, 1.82) is 0 Å². The second kappa shape index (κ2) is 8.12. The lowest BCUT2D eigenvalue weighted by atomic mass is 10.1. The molecule has 24 heavy (non-hydrogen) atoms. The van der Waals surface area contributed by atoms with E-state index >= 15 is 0 Å². The van der Waals surface area contributed by atoms with Crippen molar-refractivity contribution in [3.05, 3.63) is 57.8 Å². The topological polar surface area (TPSA) is 72.8 Å². The summed E-state index contributed by atoms with van der Waals surface area (Å²) in [6.45, 7) is 1.50. The summed E-state index contributed by atoms with van der Waals surface area (Å²) < 4.78 is 10.5. The second-order valence-electron chi connectivity index (χ2n) is 4.81. The van der Waals surface area contributed by atoms with Crippen LogP contribution in [0.4, 0.5) is 0 Å². The van der Waals surface area contributed by atoms with Crippen LogP contribution in [0.1, 0.15) is 17.4 Å². The van der Waals surface area contributed by atoms with Gasteiger partial charge in [-0.25, -0.2) is 9.59 Å². The highest BCUT2D eigenvalue weighted by atomic mass is 32.1. The van der Waals surface area contributed by atoms with Crippen LogP contribution in [-0.4, -0.2) is 24.2 Å². The number of benzene rings is 1. The average Bonchev–Trinajstić information content (AvgIpc) is 3.07. The van der Waals surface area contributed by atoms with Gasteiger partial charge in [-0.05, 0) is 48.2 Å². The number of methoxy groups -OCH3 is 1. The Morgan fingerprint density at radius 2 is 2.00 bits per heavy atom. The van der Waals surface area contributed by atoms with Crippen molar-refractivity contribution in [2.45, 2.75) is 6.92 Å². The van der Waals surface area contributed by atoms with Gasteiger partial charge in [0.05, 0.1) is 7.11 Å². The minimum absolute atomic E-state index is 0.195. The molecule has 1 aromatic carbocycles. The first kappa shape index (κ1) is 17.5. The van der Waals surface area contributed by atoms with E-state index in [0.717, 1.165) is 4.88 Å². The van der Waals surface area contributed by atoms with E-state index in [4.69, 9.17) is 14.6 Å². The first-order valence-corrected chi connectivity index (χ1v) is 7.90. The Kier molecular flexibility index (Phi) is 5.92. The minimum Gasteiger partial charge on any atom is -0.493 e. The maximum Gasteiger partial charge on any atom is 0.336 e. The number of hydrogen-bond acceptors (Lipinski definition) is 5. The fraction of sp³-hybridized carbons (Fsp3) is 0.111. The van der Waals surface area contributed by atoms with E-state index in [0.29, 0.717) is 11.3 Å². The molecule has 2 aromatic rings. The molecule has 0 fully saturated rings. The van der Waals surface area contributed by atoms with Crippen LogP contribution < -0.4 is 9.47 Å². The Balaban J connectivity index is 2.14. The third kappa shape index (κ3) is 4.82. The Morgan fingerprint density at radius 1 is 1.21 bits per heavy atom. The predicted octanol–water partition coefficient (Wildman–Crippen LogP) is 3.86. The zero-order valence-corrected chi connectivity index (χ0v) is 14.0. The van der Waals surface area contributed by atoms with Gasteiger partial charge < -0.3 is 14.6 Å². The van der Waals surface area contributed by atoms with Crippen molar-refractivity contribution < 1.29 is 24.2 Å². The number of carboxylic acids is 1. The largest absolute Gasteiger partial charge is 0.493 e. The molecule has 5 nitrogen and oxygen atoms in total. The van der Waals surface area contributed by atoms with Crippen LogP contribution >= 0.6 is 11.3 Å². The van der Waals surface area contributed by atoms with Crippen LogP contribution in [0.3, 0.4) is 0 Å². The fourth-order valence-corrected chi connectivity index (χ4v) is 2.47. The van der Waals surface area contributed by atoms with Crippen LogP contribution in [-0.2, 0) is 9.59 Å². The van der Waals surface area contributed by atoms with Crippen LogP contribution in [0, 0.1) is 0 Å².